The average molecular weight is 538 g/mol. The first kappa shape index (κ1) is 29.8. The molecule has 210 valence electrons. The quantitative estimate of drug-likeness (QED) is 0.448. The van der Waals surface area contributed by atoms with E-state index in [0.29, 0.717) is 30.4 Å². The topological polar surface area (TPSA) is 144 Å². The molecule has 2 atom stereocenters. The predicted octanol–water partition coefficient (Wildman–Crippen LogP) is 4.26. The van der Waals surface area contributed by atoms with E-state index < -0.39 is 29.8 Å². The number of amides is 4. The molecule has 1 aromatic carbocycles. The van der Waals surface area contributed by atoms with Gasteiger partial charge in [-0.2, -0.15) is 0 Å². The molecule has 10 heteroatoms. The van der Waals surface area contributed by atoms with Crippen LogP contribution in [0, 0.1) is 6.92 Å². The Morgan fingerprint density at radius 1 is 1.10 bits per heavy atom. The second-order valence-electron chi connectivity index (χ2n) is 10.9. The number of rotatable bonds is 7. The van der Waals surface area contributed by atoms with E-state index in [1.165, 1.54) is 0 Å². The Balaban J connectivity index is 1.76. The molecule has 2 unspecified atom stereocenters. The lowest BCUT2D eigenvalue weighted by Crippen LogP contribution is -2.55. The molecular formula is C29H39N5O5. The predicted molar refractivity (Wildman–Crippen MR) is 148 cm³/mol. The van der Waals surface area contributed by atoms with Gasteiger partial charge in [-0.05, 0) is 63.3 Å². The molecule has 0 spiro atoms. The molecule has 10 nitrogen and oxygen atoms in total. The van der Waals surface area contributed by atoms with Crippen LogP contribution in [-0.2, 0) is 9.53 Å². The van der Waals surface area contributed by atoms with Crippen molar-refractivity contribution in [3.63, 3.8) is 0 Å². The Kier molecular flexibility index (Phi) is 9.80. The summed E-state index contributed by atoms with van der Waals surface area (Å²) in [5, 5.41) is 5.22. The Morgan fingerprint density at radius 2 is 1.74 bits per heavy atom. The van der Waals surface area contributed by atoms with Crippen LogP contribution in [0.5, 0.6) is 0 Å². The van der Waals surface area contributed by atoms with Crippen molar-refractivity contribution in [1.82, 2.24) is 20.5 Å². The lowest BCUT2D eigenvalue weighted by Gasteiger charge is -2.35. The number of imide groups is 1. The Labute approximate surface area is 229 Å². The SMILES string of the molecule is CNC(=O)c1ncc(-c2ccc(C(N)C(C=O)NC(=O)N(C(=O)OC(C)(C)C)C3CCCCC3)cc2)cc1C. The third kappa shape index (κ3) is 7.63. The molecule has 0 bridgehead atoms. The van der Waals surface area contributed by atoms with E-state index in [9.17, 15) is 19.2 Å². The van der Waals surface area contributed by atoms with Crippen LogP contribution in [0.25, 0.3) is 11.1 Å². The van der Waals surface area contributed by atoms with Crippen LogP contribution in [0.15, 0.2) is 36.5 Å². The van der Waals surface area contributed by atoms with Crippen LogP contribution in [0.4, 0.5) is 9.59 Å². The normalized spacial score (nSPS) is 15.5. The molecule has 0 saturated heterocycles. The van der Waals surface area contributed by atoms with Crippen molar-refractivity contribution in [1.29, 1.82) is 0 Å². The van der Waals surface area contributed by atoms with Gasteiger partial charge < -0.3 is 25.9 Å². The number of carbonyl (C=O) groups is 4. The molecule has 4 N–H and O–H groups in total. The van der Waals surface area contributed by atoms with Crippen molar-refractivity contribution in [3.8, 4) is 11.1 Å². The van der Waals surface area contributed by atoms with Crippen LogP contribution in [0.3, 0.4) is 0 Å². The number of hydrogen-bond donors (Lipinski definition) is 3. The molecule has 1 saturated carbocycles. The second-order valence-corrected chi connectivity index (χ2v) is 10.9. The summed E-state index contributed by atoms with van der Waals surface area (Å²) in [7, 11) is 1.55. The number of urea groups is 1. The molecule has 1 fully saturated rings. The highest BCUT2D eigenvalue weighted by molar-refractivity contribution is 5.94. The van der Waals surface area contributed by atoms with E-state index in [1.807, 2.05) is 25.1 Å². The van der Waals surface area contributed by atoms with E-state index in [2.05, 4.69) is 15.6 Å². The van der Waals surface area contributed by atoms with Crippen molar-refractivity contribution in [3.05, 3.63) is 53.3 Å². The first-order chi connectivity index (χ1) is 18.4. The zero-order chi connectivity index (χ0) is 28.7. The van der Waals surface area contributed by atoms with E-state index in [4.69, 9.17) is 10.5 Å². The summed E-state index contributed by atoms with van der Waals surface area (Å²) >= 11 is 0. The molecule has 4 amide bonds. The van der Waals surface area contributed by atoms with Gasteiger partial charge in [0, 0.05) is 24.8 Å². The summed E-state index contributed by atoms with van der Waals surface area (Å²) < 4.78 is 5.50. The van der Waals surface area contributed by atoms with Gasteiger partial charge in [0.25, 0.3) is 5.91 Å². The van der Waals surface area contributed by atoms with E-state index in [0.717, 1.165) is 40.9 Å². The van der Waals surface area contributed by atoms with Gasteiger partial charge in [0.1, 0.15) is 23.6 Å². The summed E-state index contributed by atoms with van der Waals surface area (Å²) in [4.78, 5) is 55.6. The first-order valence-corrected chi connectivity index (χ1v) is 13.3. The second kappa shape index (κ2) is 12.8. The zero-order valence-corrected chi connectivity index (χ0v) is 23.3. The van der Waals surface area contributed by atoms with Crippen LogP contribution in [0.2, 0.25) is 0 Å². The van der Waals surface area contributed by atoms with Crippen LogP contribution >= 0.6 is 0 Å². The maximum atomic E-state index is 13.3. The Morgan fingerprint density at radius 3 is 2.28 bits per heavy atom. The number of aromatic nitrogens is 1. The standard InChI is InChI=1S/C29H39N5O5/c1-18-15-21(16-32-25(18)26(36)31-5)19-11-13-20(14-12-19)24(30)23(17-35)33-27(37)34(22-9-7-6-8-10-22)28(38)39-29(2,3)4/h11-17,22-24H,6-10,30H2,1-5H3,(H,31,36)(H,33,37). The smallest absolute Gasteiger partial charge is 0.418 e. The summed E-state index contributed by atoms with van der Waals surface area (Å²) in [6.45, 7) is 7.03. The van der Waals surface area contributed by atoms with Crippen LogP contribution in [-0.4, -0.2) is 58.9 Å². The summed E-state index contributed by atoms with van der Waals surface area (Å²) in [5.74, 6) is -0.254. The lowest BCUT2D eigenvalue weighted by atomic mass is 9.94. The fraction of sp³-hybridized carbons (Fsp3) is 0.483. The van der Waals surface area contributed by atoms with Crippen molar-refractivity contribution < 1.29 is 23.9 Å². The number of ether oxygens (including phenoxy) is 1. The van der Waals surface area contributed by atoms with E-state index in [-0.39, 0.29) is 11.9 Å². The summed E-state index contributed by atoms with van der Waals surface area (Å²) in [6.07, 6.45) is 5.70. The average Bonchev–Trinajstić information content (AvgIpc) is 2.90. The van der Waals surface area contributed by atoms with Crippen LogP contribution < -0.4 is 16.4 Å². The number of aryl methyl sites for hydroxylation is 1. The summed E-state index contributed by atoms with van der Waals surface area (Å²) in [6, 6.07) is 6.19. The highest BCUT2D eigenvalue weighted by Gasteiger charge is 2.36. The molecule has 0 radical (unpaired) electrons. The van der Waals surface area contributed by atoms with Crippen molar-refractivity contribution in [2.24, 2.45) is 5.73 Å². The third-order valence-electron chi connectivity index (χ3n) is 6.72. The molecular weight excluding hydrogens is 498 g/mol. The molecule has 3 rings (SSSR count). The Hall–Kier alpha value is -3.79. The number of carbonyl (C=O) groups excluding carboxylic acids is 4. The van der Waals surface area contributed by atoms with E-state index >= 15 is 0 Å². The minimum Gasteiger partial charge on any atom is -0.443 e. The summed E-state index contributed by atoms with van der Waals surface area (Å²) in [5.41, 5.74) is 9.02. The van der Waals surface area contributed by atoms with Gasteiger partial charge in [-0.15, -0.1) is 0 Å². The fourth-order valence-corrected chi connectivity index (χ4v) is 4.66. The lowest BCUT2D eigenvalue weighted by molar-refractivity contribution is -0.109. The molecule has 1 aliphatic rings. The molecule has 1 heterocycles. The zero-order valence-electron chi connectivity index (χ0n) is 23.3. The monoisotopic (exact) mass is 537 g/mol. The minimum absolute atomic E-state index is 0.254. The van der Waals surface area contributed by atoms with Gasteiger partial charge in [0.2, 0.25) is 0 Å². The molecule has 2 aromatic rings. The number of aldehydes is 1. The molecule has 1 aliphatic carbocycles. The Bertz CT molecular complexity index is 1190. The highest BCUT2D eigenvalue weighted by Crippen LogP contribution is 2.26. The number of pyridine rings is 1. The number of nitrogens with one attached hydrogen (secondary N) is 2. The van der Waals surface area contributed by atoms with Gasteiger partial charge in [0.05, 0.1) is 6.04 Å². The fourth-order valence-electron chi connectivity index (χ4n) is 4.66. The minimum atomic E-state index is -1.06. The van der Waals surface area contributed by atoms with E-state index in [1.54, 1.807) is 46.1 Å². The van der Waals surface area contributed by atoms with Crippen molar-refractivity contribution in [2.75, 3.05) is 7.05 Å². The van der Waals surface area contributed by atoms with Gasteiger partial charge >= 0.3 is 12.1 Å². The maximum absolute atomic E-state index is 13.3. The van der Waals surface area contributed by atoms with Crippen molar-refractivity contribution >= 4 is 24.3 Å². The molecule has 1 aromatic heterocycles. The first-order valence-electron chi connectivity index (χ1n) is 13.3. The largest absolute Gasteiger partial charge is 0.443 e. The van der Waals surface area contributed by atoms with Gasteiger partial charge in [0.15, 0.2) is 0 Å². The molecule has 39 heavy (non-hydrogen) atoms. The number of benzene rings is 1. The van der Waals surface area contributed by atoms with Crippen molar-refractivity contribution in [2.45, 2.75) is 83.5 Å². The third-order valence-corrected chi connectivity index (χ3v) is 6.72. The van der Waals surface area contributed by atoms with Gasteiger partial charge in [-0.25, -0.2) is 14.5 Å². The number of hydrogen-bond acceptors (Lipinski definition) is 7. The highest BCUT2D eigenvalue weighted by atomic mass is 16.6. The van der Waals surface area contributed by atoms with Gasteiger partial charge in [-0.1, -0.05) is 43.5 Å². The number of nitrogens with two attached hydrogens (primary N) is 1. The maximum Gasteiger partial charge on any atom is 0.418 e. The van der Waals surface area contributed by atoms with Crippen LogP contribution in [0.1, 0.15) is 80.5 Å². The number of nitrogens with zero attached hydrogens (tertiary/aromatic N) is 2. The molecule has 0 aliphatic heterocycles. The van der Waals surface area contributed by atoms with Gasteiger partial charge in [-0.3, -0.25) is 9.78 Å².